The summed E-state index contributed by atoms with van der Waals surface area (Å²) >= 11 is 6.55. The van der Waals surface area contributed by atoms with Gasteiger partial charge in [-0.2, -0.15) is 0 Å². The Bertz CT molecular complexity index is 782. The molecule has 0 aliphatic carbocycles. The number of urea groups is 1. The van der Waals surface area contributed by atoms with Crippen molar-refractivity contribution in [3.05, 3.63) is 46.1 Å². The molecule has 1 heterocycles. The van der Waals surface area contributed by atoms with Crippen LogP contribution in [0.15, 0.2) is 30.0 Å². The first-order valence-electron chi connectivity index (χ1n) is 9.71. The smallest absolute Gasteiger partial charge is 0.322 e. The van der Waals surface area contributed by atoms with Crippen LogP contribution in [0.4, 0.5) is 4.79 Å². The maximum Gasteiger partial charge on any atom is 0.322 e. The molecule has 0 saturated heterocycles. The maximum atomic E-state index is 12.6. The molecule has 28 heavy (non-hydrogen) atoms. The number of hydrogen-bond acceptors (Lipinski definition) is 2. The van der Waals surface area contributed by atoms with Gasteiger partial charge in [-0.1, -0.05) is 44.5 Å². The molecule has 1 atom stereocenters. The third kappa shape index (κ3) is 5.51. The lowest BCUT2D eigenvalue weighted by Gasteiger charge is -2.39. The summed E-state index contributed by atoms with van der Waals surface area (Å²) in [6, 6.07) is 5.79. The van der Waals surface area contributed by atoms with Crippen molar-refractivity contribution in [2.24, 2.45) is 5.41 Å². The Morgan fingerprint density at radius 1 is 1.32 bits per heavy atom. The van der Waals surface area contributed by atoms with Gasteiger partial charge in [-0.3, -0.25) is 4.79 Å². The normalized spacial score (nSPS) is 20.0. The van der Waals surface area contributed by atoms with Gasteiger partial charge in [-0.15, -0.1) is 0 Å². The summed E-state index contributed by atoms with van der Waals surface area (Å²) in [6.45, 7) is 10.9. The van der Waals surface area contributed by atoms with Crippen molar-refractivity contribution in [1.82, 2.24) is 10.2 Å². The number of nitrogens with one attached hydrogen (secondary N) is 1. The molecule has 2 amide bonds. The van der Waals surface area contributed by atoms with Gasteiger partial charge in [0.15, 0.2) is 0 Å². The summed E-state index contributed by atoms with van der Waals surface area (Å²) in [5.74, 6) is -0.857. The lowest BCUT2D eigenvalue weighted by atomic mass is 9.83. The van der Waals surface area contributed by atoms with E-state index in [9.17, 15) is 9.59 Å². The van der Waals surface area contributed by atoms with Gasteiger partial charge < -0.3 is 15.3 Å². The zero-order chi connectivity index (χ0) is 21.1. The number of carboxylic acids is 1. The number of aliphatic carboxylic acids is 1. The Balaban J connectivity index is 2.18. The van der Waals surface area contributed by atoms with Crippen LogP contribution >= 0.6 is 11.6 Å². The van der Waals surface area contributed by atoms with Crippen molar-refractivity contribution in [2.45, 2.75) is 65.8 Å². The monoisotopic (exact) mass is 406 g/mol. The molecule has 1 aromatic carbocycles. The number of nitrogens with zero attached hydrogens (tertiary/aromatic N) is 1. The van der Waals surface area contributed by atoms with E-state index in [4.69, 9.17) is 16.7 Å². The first-order valence-corrected chi connectivity index (χ1v) is 10.1. The molecule has 2 rings (SSSR count). The van der Waals surface area contributed by atoms with E-state index in [2.05, 4.69) is 26.1 Å². The molecule has 0 spiro atoms. The Kier molecular flexibility index (Phi) is 6.81. The molecule has 2 N–H and O–H groups in total. The van der Waals surface area contributed by atoms with Gasteiger partial charge >= 0.3 is 12.0 Å². The Morgan fingerprint density at radius 3 is 2.57 bits per heavy atom. The summed E-state index contributed by atoms with van der Waals surface area (Å²) in [6.07, 6.45) is 4.22. The predicted molar refractivity (Wildman–Crippen MR) is 112 cm³/mol. The molecule has 1 aliphatic rings. The van der Waals surface area contributed by atoms with Crippen LogP contribution in [0.5, 0.6) is 0 Å². The summed E-state index contributed by atoms with van der Waals surface area (Å²) < 4.78 is 0. The Morgan fingerprint density at radius 2 is 2.00 bits per heavy atom. The van der Waals surface area contributed by atoms with Crippen molar-refractivity contribution in [3.8, 4) is 0 Å². The number of aryl methyl sites for hydroxylation is 1. The van der Waals surface area contributed by atoms with Crippen molar-refractivity contribution >= 4 is 23.6 Å². The SMILES string of the molecule is CC1=CN(CCCC(=O)O)C(=O)N[C@@]1(C)c1ccc(CCC(C)(C)C)c(Cl)c1. The predicted octanol–water partition coefficient (Wildman–Crippen LogP) is 5.33. The Labute approximate surface area is 172 Å². The van der Waals surface area contributed by atoms with E-state index in [0.717, 1.165) is 29.5 Å². The molecular weight excluding hydrogens is 376 g/mol. The fraction of sp³-hybridized carbons (Fsp3) is 0.545. The minimum absolute atomic E-state index is 0.0412. The summed E-state index contributed by atoms with van der Waals surface area (Å²) in [5.41, 5.74) is 2.62. The van der Waals surface area contributed by atoms with Crippen LogP contribution in [0.2, 0.25) is 5.02 Å². The van der Waals surface area contributed by atoms with Gasteiger partial charge in [0.2, 0.25) is 0 Å². The molecule has 0 radical (unpaired) electrons. The van der Waals surface area contributed by atoms with Crippen LogP contribution in [-0.2, 0) is 16.8 Å². The summed E-state index contributed by atoms with van der Waals surface area (Å²) in [7, 11) is 0. The molecule has 1 aliphatic heterocycles. The molecule has 6 heteroatoms. The van der Waals surface area contributed by atoms with Gasteiger partial charge in [0.05, 0.1) is 5.54 Å². The van der Waals surface area contributed by atoms with E-state index >= 15 is 0 Å². The number of hydrogen-bond donors (Lipinski definition) is 2. The summed E-state index contributed by atoms with van der Waals surface area (Å²) in [4.78, 5) is 24.8. The van der Waals surface area contributed by atoms with Gasteiger partial charge in [0.1, 0.15) is 0 Å². The molecular formula is C22H31ClN2O3. The van der Waals surface area contributed by atoms with Crippen LogP contribution in [0, 0.1) is 5.41 Å². The Hall–Kier alpha value is -2.01. The standard InChI is InChI=1S/C22H31ClN2O3/c1-15-14-25(12-6-7-19(26)27)20(28)24-22(15,5)17-9-8-16(18(23)13-17)10-11-21(2,3)4/h8-9,13-14H,6-7,10-12H2,1-5H3,(H,24,28)(H,26,27)/t22-/m1/s1. The summed E-state index contributed by atoms with van der Waals surface area (Å²) in [5, 5.41) is 12.6. The number of rotatable bonds is 7. The number of carbonyl (C=O) groups is 2. The van der Waals surface area contributed by atoms with E-state index in [1.54, 1.807) is 4.90 Å². The van der Waals surface area contributed by atoms with Crippen molar-refractivity contribution in [1.29, 1.82) is 0 Å². The highest BCUT2D eigenvalue weighted by atomic mass is 35.5. The largest absolute Gasteiger partial charge is 0.481 e. The number of carbonyl (C=O) groups excluding carboxylic acids is 1. The zero-order valence-electron chi connectivity index (χ0n) is 17.4. The average Bonchev–Trinajstić information content (AvgIpc) is 2.57. The van der Waals surface area contributed by atoms with Crippen LogP contribution < -0.4 is 5.32 Å². The highest BCUT2D eigenvalue weighted by Gasteiger charge is 2.36. The van der Waals surface area contributed by atoms with Crippen LogP contribution in [-0.4, -0.2) is 28.6 Å². The maximum absolute atomic E-state index is 12.6. The molecule has 0 saturated carbocycles. The van der Waals surface area contributed by atoms with E-state index in [-0.39, 0.29) is 17.9 Å². The quantitative estimate of drug-likeness (QED) is 0.643. The number of carboxylic acid groups (broad SMARTS) is 1. The second-order valence-electron chi connectivity index (χ2n) is 8.92. The number of halogens is 1. The molecule has 0 unspecified atom stereocenters. The highest BCUT2D eigenvalue weighted by Crippen LogP contribution is 2.35. The first kappa shape index (κ1) is 22.3. The molecule has 0 fully saturated rings. The van der Waals surface area contributed by atoms with Crippen molar-refractivity contribution in [2.75, 3.05) is 6.54 Å². The lowest BCUT2D eigenvalue weighted by molar-refractivity contribution is -0.137. The molecule has 0 bridgehead atoms. The lowest BCUT2D eigenvalue weighted by Crippen LogP contribution is -2.53. The number of benzene rings is 1. The van der Waals surface area contributed by atoms with E-state index in [0.29, 0.717) is 18.0 Å². The van der Waals surface area contributed by atoms with Gasteiger partial charge in [-0.05, 0) is 61.3 Å². The zero-order valence-corrected chi connectivity index (χ0v) is 18.2. The van der Waals surface area contributed by atoms with Crippen LogP contribution in [0.3, 0.4) is 0 Å². The second-order valence-corrected chi connectivity index (χ2v) is 9.33. The second kappa shape index (κ2) is 8.56. The van der Waals surface area contributed by atoms with E-state index in [1.165, 1.54) is 0 Å². The average molecular weight is 407 g/mol. The molecule has 5 nitrogen and oxygen atoms in total. The minimum atomic E-state index is -0.857. The molecule has 154 valence electrons. The van der Waals surface area contributed by atoms with E-state index < -0.39 is 11.5 Å². The van der Waals surface area contributed by atoms with E-state index in [1.807, 2.05) is 38.2 Å². The van der Waals surface area contributed by atoms with Gasteiger partial charge in [-0.25, -0.2) is 4.79 Å². The fourth-order valence-corrected chi connectivity index (χ4v) is 3.52. The van der Waals surface area contributed by atoms with Crippen molar-refractivity contribution in [3.63, 3.8) is 0 Å². The molecule has 1 aromatic rings. The van der Waals surface area contributed by atoms with Gasteiger partial charge in [0.25, 0.3) is 0 Å². The van der Waals surface area contributed by atoms with Crippen molar-refractivity contribution < 1.29 is 14.7 Å². The third-order valence-electron chi connectivity index (χ3n) is 5.32. The first-order chi connectivity index (χ1) is 12.9. The topological polar surface area (TPSA) is 69.6 Å². The highest BCUT2D eigenvalue weighted by molar-refractivity contribution is 6.31. The minimum Gasteiger partial charge on any atom is -0.481 e. The van der Waals surface area contributed by atoms with Crippen LogP contribution in [0.1, 0.15) is 65.0 Å². The van der Waals surface area contributed by atoms with Crippen LogP contribution in [0.25, 0.3) is 0 Å². The fourth-order valence-electron chi connectivity index (χ4n) is 3.24. The third-order valence-corrected chi connectivity index (χ3v) is 5.67. The number of amides is 2. The van der Waals surface area contributed by atoms with Gasteiger partial charge in [0, 0.05) is 24.2 Å². The molecule has 0 aromatic heterocycles.